The molecule has 2 aliphatic heterocycles. The third-order valence-corrected chi connectivity index (χ3v) is 3.96. The minimum Gasteiger partial charge on any atom is -0.396 e. The maximum atomic E-state index is 8.82. The number of hydrogen-bond donors (Lipinski definition) is 1. The van der Waals surface area contributed by atoms with Crippen LogP contribution in [-0.2, 0) is 14.2 Å². The third-order valence-electron chi connectivity index (χ3n) is 3.96. The molecule has 0 saturated carbocycles. The normalized spacial score (nSPS) is 34.6. The van der Waals surface area contributed by atoms with Crippen molar-refractivity contribution < 1.29 is 19.3 Å². The highest BCUT2D eigenvalue weighted by atomic mass is 16.7. The standard InChI is InChI=1S/C15H28O4/c1-15(2)17-11-14(19-15)10-13-8-5-7-12(18-13)6-3-4-9-16/h12-14,16H,3-11H2,1-2H3. The van der Waals surface area contributed by atoms with Crippen LogP contribution in [0, 0.1) is 0 Å². The second-order valence-electron chi connectivity index (χ2n) is 6.22. The molecule has 0 aromatic rings. The molecule has 1 N–H and O–H groups in total. The van der Waals surface area contributed by atoms with Crippen molar-refractivity contribution in [2.45, 2.75) is 82.9 Å². The quantitative estimate of drug-likeness (QED) is 0.755. The molecule has 3 unspecified atom stereocenters. The van der Waals surface area contributed by atoms with Gasteiger partial charge in [-0.25, -0.2) is 0 Å². The summed E-state index contributed by atoms with van der Waals surface area (Å²) in [4.78, 5) is 0. The van der Waals surface area contributed by atoms with E-state index in [1.165, 1.54) is 6.42 Å². The molecule has 0 aromatic carbocycles. The first-order valence-electron chi connectivity index (χ1n) is 7.67. The number of aliphatic hydroxyl groups is 1. The van der Waals surface area contributed by atoms with Crippen molar-refractivity contribution >= 4 is 0 Å². The first kappa shape index (κ1) is 15.2. The fraction of sp³-hybridized carbons (Fsp3) is 1.00. The molecule has 4 heteroatoms. The van der Waals surface area contributed by atoms with Crippen molar-refractivity contribution in [3.8, 4) is 0 Å². The molecule has 112 valence electrons. The lowest BCUT2D eigenvalue weighted by Gasteiger charge is -2.31. The topological polar surface area (TPSA) is 47.9 Å². The van der Waals surface area contributed by atoms with E-state index in [2.05, 4.69) is 0 Å². The van der Waals surface area contributed by atoms with E-state index in [0.717, 1.165) is 38.5 Å². The summed E-state index contributed by atoms with van der Waals surface area (Å²) >= 11 is 0. The van der Waals surface area contributed by atoms with Crippen LogP contribution in [-0.4, -0.2) is 42.4 Å². The Kier molecular flexibility index (Phi) is 5.63. The second-order valence-corrected chi connectivity index (χ2v) is 6.22. The molecule has 0 aromatic heterocycles. The molecule has 0 bridgehead atoms. The Morgan fingerprint density at radius 2 is 1.89 bits per heavy atom. The van der Waals surface area contributed by atoms with Crippen molar-refractivity contribution in [3.05, 3.63) is 0 Å². The van der Waals surface area contributed by atoms with Gasteiger partial charge in [-0.05, 0) is 52.4 Å². The molecule has 2 aliphatic rings. The molecule has 0 spiro atoms. The number of hydrogen-bond acceptors (Lipinski definition) is 4. The Morgan fingerprint density at radius 1 is 1.11 bits per heavy atom. The molecular formula is C15H28O4. The zero-order valence-corrected chi connectivity index (χ0v) is 12.3. The highest BCUT2D eigenvalue weighted by Crippen LogP contribution is 2.30. The van der Waals surface area contributed by atoms with E-state index >= 15 is 0 Å². The van der Waals surface area contributed by atoms with Crippen LogP contribution in [0.3, 0.4) is 0 Å². The highest BCUT2D eigenvalue weighted by Gasteiger charge is 2.35. The highest BCUT2D eigenvalue weighted by molar-refractivity contribution is 4.78. The van der Waals surface area contributed by atoms with Crippen LogP contribution in [0.5, 0.6) is 0 Å². The molecule has 2 fully saturated rings. The minimum atomic E-state index is -0.431. The Balaban J connectivity index is 1.69. The first-order chi connectivity index (χ1) is 9.09. The molecule has 2 saturated heterocycles. The molecule has 0 radical (unpaired) electrons. The van der Waals surface area contributed by atoms with E-state index in [1.807, 2.05) is 13.8 Å². The summed E-state index contributed by atoms with van der Waals surface area (Å²) in [5, 5.41) is 8.82. The lowest BCUT2D eigenvalue weighted by molar-refractivity contribution is -0.146. The number of ether oxygens (including phenoxy) is 3. The predicted molar refractivity (Wildman–Crippen MR) is 73.0 cm³/mol. The largest absolute Gasteiger partial charge is 0.396 e. The lowest BCUT2D eigenvalue weighted by atomic mass is 9.97. The summed E-state index contributed by atoms with van der Waals surface area (Å²) < 4.78 is 17.6. The zero-order chi connectivity index (χ0) is 13.7. The smallest absolute Gasteiger partial charge is 0.163 e. The van der Waals surface area contributed by atoms with Crippen LogP contribution in [0.25, 0.3) is 0 Å². The Morgan fingerprint density at radius 3 is 2.58 bits per heavy atom. The molecular weight excluding hydrogens is 244 g/mol. The molecule has 0 amide bonds. The summed E-state index contributed by atoms with van der Waals surface area (Å²) in [5.41, 5.74) is 0. The predicted octanol–water partition coefficient (Wildman–Crippen LogP) is 2.63. The number of aliphatic hydroxyl groups excluding tert-OH is 1. The fourth-order valence-corrected chi connectivity index (χ4v) is 3.02. The van der Waals surface area contributed by atoms with Crippen molar-refractivity contribution in [1.29, 1.82) is 0 Å². The van der Waals surface area contributed by atoms with Gasteiger partial charge in [0, 0.05) is 13.0 Å². The second kappa shape index (κ2) is 7.02. The summed E-state index contributed by atoms with van der Waals surface area (Å²) in [7, 11) is 0. The summed E-state index contributed by atoms with van der Waals surface area (Å²) in [6, 6.07) is 0. The van der Waals surface area contributed by atoms with Gasteiger partial charge in [-0.15, -0.1) is 0 Å². The van der Waals surface area contributed by atoms with Crippen LogP contribution >= 0.6 is 0 Å². The molecule has 4 nitrogen and oxygen atoms in total. The molecule has 19 heavy (non-hydrogen) atoms. The number of unbranched alkanes of at least 4 members (excludes halogenated alkanes) is 1. The Labute approximate surface area is 116 Å². The van der Waals surface area contributed by atoms with Gasteiger partial charge in [-0.2, -0.15) is 0 Å². The average Bonchev–Trinajstić information content (AvgIpc) is 2.69. The van der Waals surface area contributed by atoms with E-state index < -0.39 is 5.79 Å². The maximum absolute atomic E-state index is 8.82. The van der Waals surface area contributed by atoms with Gasteiger partial charge >= 0.3 is 0 Å². The number of rotatable bonds is 6. The monoisotopic (exact) mass is 272 g/mol. The average molecular weight is 272 g/mol. The summed E-state index contributed by atoms with van der Waals surface area (Å²) in [6.45, 7) is 4.90. The van der Waals surface area contributed by atoms with E-state index in [-0.39, 0.29) is 6.10 Å². The lowest BCUT2D eigenvalue weighted by Crippen LogP contribution is -2.32. The van der Waals surface area contributed by atoms with E-state index in [0.29, 0.717) is 25.4 Å². The van der Waals surface area contributed by atoms with Gasteiger partial charge in [0.05, 0.1) is 24.9 Å². The van der Waals surface area contributed by atoms with Crippen LogP contribution < -0.4 is 0 Å². The van der Waals surface area contributed by atoms with E-state index in [4.69, 9.17) is 19.3 Å². The van der Waals surface area contributed by atoms with E-state index in [9.17, 15) is 0 Å². The minimum absolute atomic E-state index is 0.177. The Hall–Kier alpha value is -0.160. The van der Waals surface area contributed by atoms with Crippen LogP contribution in [0.1, 0.15) is 58.8 Å². The first-order valence-corrected chi connectivity index (χ1v) is 7.67. The van der Waals surface area contributed by atoms with Gasteiger partial charge in [0.25, 0.3) is 0 Å². The third kappa shape index (κ3) is 5.03. The maximum Gasteiger partial charge on any atom is 0.163 e. The zero-order valence-electron chi connectivity index (χ0n) is 12.3. The fourth-order valence-electron chi connectivity index (χ4n) is 3.02. The van der Waals surface area contributed by atoms with Crippen LogP contribution in [0.2, 0.25) is 0 Å². The van der Waals surface area contributed by atoms with Crippen molar-refractivity contribution in [3.63, 3.8) is 0 Å². The van der Waals surface area contributed by atoms with Gasteiger partial charge < -0.3 is 19.3 Å². The van der Waals surface area contributed by atoms with E-state index in [1.54, 1.807) is 0 Å². The molecule has 0 aliphatic carbocycles. The van der Waals surface area contributed by atoms with Gasteiger partial charge in [0.2, 0.25) is 0 Å². The van der Waals surface area contributed by atoms with Crippen LogP contribution in [0.4, 0.5) is 0 Å². The van der Waals surface area contributed by atoms with Crippen molar-refractivity contribution in [2.75, 3.05) is 13.2 Å². The molecule has 3 atom stereocenters. The Bertz CT molecular complexity index is 267. The van der Waals surface area contributed by atoms with Gasteiger partial charge in [-0.3, -0.25) is 0 Å². The van der Waals surface area contributed by atoms with Crippen LogP contribution in [0.15, 0.2) is 0 Å². The summed E-state index contributed by atoms with van der Waals surface area (Å²) in [5.74, 6) is -0.431. The van der Waals surface area contributed by atoms with Gasteiger partial charge in [-0.1, -0.05) is 0 Å². The van der Waals surface area contributed by atoms with Crippen molar-refractivity contribution in [2.24, 2.45) is 0 Å². The molecule has 2 rings (SSSR count). The van der Waals surface area contributed by atoms with Gasteiger partial charge in [0.15, 0.2) is 5.79 Å². The molecule has 2 heterocycles. The SMILES string of the molecule is CC1(C)OCC(CC2CCCC(CCCCO)O2)O1. The van der Waals surface area contributed by atoms with Crippen molar-refractivity contribution in [1.82, 2.24) is 0 Å². The van der Waals surface area contributed by atoms with Gasteiger partial charge in [0.1, 0.15) is 0 Å². The summed E-state index contributed by atoms with van der Waals surface area (Å²) in [6.07, 6.45) is 8.37.